The van der Waals surface area contributed by atoms with E-state index in [-0.39, 0.29) is 38.5 Å². The molecule has 4 atom stereocenters. The van der Waals surface area contributed by atoms with Gasteiger partial charge in [0.1, 0.15) is 0 Å². The SMILES string of the molecule is O=C(COC(=O)c1ccccc1N1C(=O)[C@H]2C[C@@H](Br)[C@@H](Br)C[C@H]2C1=O)c1ccccc1. The molecular formula is C23H19Br2NO5. The number of carbonyl (C=O) groups excluding carboxylic acids is 4. The van der Waals surface area contributed by atoms with Crippen LogP contribution in [0.4, 0.5) is 5.69 Å². The van der Waals surface area contributed by atoms with Crippen LogP contribution in [0.2, 0.25) is 0 Å². The maximum absolute atomic E-state index is 13.1. The highest BCUT2D eigenvalue weighted by atomic mass is 79.9. The van der Waals surface area contributed by atoms with Gasteiger partial charge in [0.15, 0.2) is 12.4 Å². The number of imide groups is 1. The van der Waals surface area contributed by atoms with Crippen LogP contribution in [0.25, 0.3) is 0 Å². The van der Waals surface area contributed by atoms with E-state index in [2.05, 4.69) is 31.9 Å². The fourth-order valence-electron chi connectivity index (χ4n) is 4.09. The predicted molar refractivity (Wildman–Crippen MR) is 122 cm³/mol. The van der Waals surface area contributed by atoms with E-state index < -0.39 is 24.4 Å². The third-order valence-corrected chi connectivity index (χ3v) is 8.44. The second kappa shape index (κ2) is 9.04. The largest absolute Gasteiger partial charge is 0.454 e. The van der Waals surface area contributed by atoms with Crippen molar-refractivity contribution in [3.05, 3.63) is 65.7 Å². The number of para-hydroxylation sites is 1. The molecule has 31 heavy (non-hydrogen) atoms. The topological polar surface area (TPSA) is 80.8 Å². The van der Waals surface area contributed by atoms with Gasteiger partial charge in [0.2, 0.25) is 11.8 Å². The average molecular weight is 549 g/mol. The lowest BCUT2D eigenvalue weighted by atomic mass is 9.81. The number of fused-ring (bicyclic) bond motifs is 1. The van der Waals surface area contributed by atoms with Crippen LogP contribution in [-0.2, 0) is 14.3 Å². The zero-order valence-corrected chi connectivity index (χ0v) is 19.5. The number of amides is 2. The second-order valence-corrected chi connectivity index (χ2v) is 9.96. The first-order valence-corrected chi connectivity index (χ1v) is 11.7. The number of benzene rings is 2. The number of ether oxygens (including phenoxy) is 1. The summed E-state index contributed by atoms with van der Waals surface area (Å²) in [4.78, 5) is 52.5. The van der Waals surface area contributed by atoms with Crippen molar-refractivity contribution in [1.82, 2.24) is 0 Å². The summed E-state index contributed by atoms with van der Waals surface area (Å²) in [5.74, 6) is -2.55. The summed E-state index contributed by atoms with van der Waals surface area (Å²) < 4.78 is 5.22. The minimum atomic E-state index is -0.757. The van der Waals surface area contributed by atoms with Crippen molar-refractivity contribution in [3.63, 3.8) is 0 Å². The zero-order chi connectivity index (χ0) is 22.1. The molecular weight excluding hydrogens is 530 g/mol. The Labute approximate surface area is 196 Å². The molecule has 0 aromatic heterocycles. The molecule has 4 rings (SSSR count). The number of hydrogen-bond acceptors (Lipinski definition) is 5. The Bertz CT molecular complexity index is 1010. The molecule has 2 amide bonds. The molecule has 1 saturated carbocycles. The van der Waals surface area contributed by atoms with E-state index in [1.165, 1.54) is 6.07 Å². The molecule has 160 valence electrons. The van der Waals surface area contributed by atoms with E-state index in [4.69, 9.17) is 4.74 Å². The fraction of sp³-hybridized carbons (Fsp3) is 0.304. The molecule has 8 heteroatoms. The smallest absolute Gasteiger partial charge is 0.340 e. The zero-order valence-electron chi connectivity index (χ0n) is 16.4. The number of anilines is 1. The second-order valence-electron chi connectivity index (χ2n) is 7.61. The van der Waals surface area contributed by atoms with Gasteiger partial charge in [-0.3, -0.25) is 14.4 Å². The summed E-state index contributed by atoms with van der Waals surface area (Å²) in [7, 11) is 0. The van der Waals surface area contributed by atoms with E-state index >= 15 is 0 Å². The maximum atomic E-state index is 13.1. The van der Waals surface area contributed by atoms with Gasteiger partial charge >= 0.3 is 5.97 Å². The highest BCUT2D eigenvalue weighted by Gasteiger charge is 2.52. The molecule has 0 unspecified atom stereocenters. The third-order valence-electron chi connectivity index (χ3n) is 5.71. The van der Waals surface area contributed by atoms with Gasteiger partial charge in [0.05, 0.1) is 23.1 Å². The van der Waals surface area contributed by atoms with Crippen molar-refractivity contribution < 1.29 is 23.9 Å². The van der Waals surface area contributed by atoms with Gasteiger partial charge < -0.3 is 4.74 Å². The van der Waals surface area contributed by atoms with Crippen molar-refractivity contribution >= 4 is 61.1 Å². The first kappa shape index (κ1) is 21.9. The standard InChI is InChI=1S/C23H19Br2NO5/c24-17-10-15-16(11-18(17)25)22(29)26(21(15)28)19-9-5-4-8-14(19)23(30)31-12-20(27)13-6-2-1-3-7-13/h1-9,15-18H,10-12H2/t15-,16+,17+,18-. The van der Waals surface area contributed by atoms with E-state index in [1.807, 2.05) is 0 Å². The number of rotatable bonds is 5. The number of Topliss-reactive ketones (excluding diaryl/α,β-unsaturated/α-hetero) is 1. The quantitative estimate of drug-likeness (QED) is 0.243. The van der Waals surface area contributed by atoms with Crippen molar-refractivity contribution in [2.24, 2.45) is 11.8 Å². The monoisotopic (exact) mass is 547 g/mol. The summed E-state index contributed by atoms with van der Waals surface area (Å²) in [6.45, 7) is -0.430. The van der Waals surface area contributed by atoms with Crippen molar-refractivity contribution in [3.8, 4) is 0 Å². The van der Waals surface area contributed by atoms with Gasteiger partial charge in [-0.15, -0.1) is 0 Å². The number of nitrogens with zero attached hydrogens (tertiary/aromatic N) is 1. The molecule has 1 aliphatic heterocycles. The summed E-state index contributed by atoms with van der Waals surface area (Å²) in [5, 5.41) is 0. The first-order valence-electron chi connectivity index (χ1n) is 9.89. The predicted octanol–water partition coefficient (Wildman–Crippen LogP) is 4.15. The molecule has 0 bridgehead atoms. The molecule has 2 aliphatic rings. The lowest BCUT2D eigenvalue weighted by molar-refractivity contribution is -0.122. The van der Waals surface area contributed by atoms with Crippen LogP contribution in [0.15, 0.2) is 54.6 Å². The Hall–Kier alpha value is -2.32. The number of esters is 1. The van der Waals surface area contributed by atoms with E-state index in [1.54, 1.807) is 48.5 Å². The molecule has 2 aromatic rings. The van der Waals surface area contributed by atoms with Crippen LogP contribution in [0, 0.1) is 11.8 Å². The normalized spacial score (nSPS) is 25.3. The highest BCUT2D eigenvalue weighted by molar-refractivity contribution is 9.12. The lowest BCUT2D eigenvalue weighted by Gasteiger charge is -2.29. The van der Waals surface area contributed by atoms with Crippen LogP contribution >= 0.6 is 31.9 Å². The van der Waals surface area contributed by atoms with Crippen LogP contribution in [0.1, 0.15) is 33.6 Å². The first-order chi connectivity index (χ1) is 14.9. The van der Waals surface area contributed by atoms with Crippen LogP contribution in [-0.4, -0.2) is 39.8 Å². The molecule has 6 nitrogen and oxygen atoms in total. The molecule has 0 N–H and O–H groups in total. The summed E-state index contributed by atoms with van der Waals surface area (Å²) in [5.41, 5.74) is 0.710. The summed E-state index contributed by atoms with van der Waals surface area (Å²) >= 11 is 7.14. The minimum absolute atomic E-state index is 0.0782. The van der Waals surface area contributed by atoms with Gasteiger partial charge in [0.25, 0.3) is 0 Å². The third kappa shape index (κ3) is 4.23. The number of alkyl halides is 2. The maximum Gasteiger partial charge on any atom is 0.340 e. The fourth-order valence-corrected chi connectivity index (χ4v) is 5.33. The van der Waals surface area contributed by atoms with E-state index in [9.17, 15) is 19.2 Å². The highest BCUT2D eigenvalue weighted by Crippen LogP contribution is 2.44. The summed E-state index contributed by atoms with van der Waals surface area (Å²) in [6.07, 6.45) is 1.08. The average Bonchev–Trinajstić information content (AvgIpc) is 3.02. The lowest BCUT2D eigenvalue weighted by Crippen LogP contribution is -2.34. The molecule has 1 aliphatic carbocycles. The molecule has 1 heterocycles. The Morgan fingerprint density at radius 2 is 1.42 bits per heavy atom. The summed E-state index contributed by atoms with van der Waals surface area (Å²) in [6, 6.07) is 14.9. The van der Waals surface area contributed by atoms with Gasteiger partial charge in [-0.25, -0.2) is 9.69 Å². The Kier molecular flexibility index (Phi) is 6.39. The van der Waals surface area contributed by atoms with Crippen LogP contribution in [0.3, 0.4) is 0 Å². The number of hydrogen-bond donors (Lipinski definition) is 0. The Balaban J connectivity index is 1.55. The number of carbonyl (C=O) groups is 4. The molecule has 0 spiro atoms. The minimum Gasteiger partial charge on any atom is -0.454 e. The molecule has 1 saturated heterocycles. The van der Waals surface area contributed by atoms with Crippen molar-refractivity contribution in [2.45, 2.75) is 22.5 Å². The molecule has 2 fully saturated rings. The Morgan fingerprint density at radius 1 is 0.871 bits per heavy atom. The van der Waals surface area contributed by atoms with Crippen molar-refractivity contribution in [1.29, 1.82) is 0 Å². The van der Waals surface area contributed by atoms with E-state index in [0.717, 1.165) is 4.90 Å². The number of ketones is 1. The van der Waals surface area contributed by atoms with Gasteiger partial charge in [-0.2, -0.15) is 0 Å². The number of halogens is 2. The van der Waals surface area contributed by atoms with Gasteiger partial charge in [-0.05, 0) is 25.0 Å². The Morgan fingerprint density at radius 3 is 2.03 bits per heavy atom. The van der Waals surface area contributed by atoms with Gasteiger partial charge in [-0.1, -0.05) is 74.3 Å². The van der Waals surface area contributed by atoms with Gasteiger partial charge in [0, 0.05) is 15.2 Å². The van der Waals surface area contributed by atoms with Crippen molar-refractivity contribution in [2.75, 3.05) is 11.5 Å². The molecule has 2 aromatic carbocycles. The van der Waals surface area contributed by atoms with E-state index in [0.29, 0.717) is 18.4 Å². The van der Waals surface area contributed by atoms with Crippen LogP contribution < -0.4 is 4.90 Å². The van der Waals surface area contributed by atoms with Crippen LogP contribution in [0.5, 0.6) is 0 Å². The molecule has 0 radical (unpaired) electrons.